The topological polar surface area (TPSA) is 68.0 Å². The molecule has 1 aliphatic rings. The van der Waals surface area contributed by atoms with E-state index in [-0.39, 0.29) is 11.8 Å². The van der Waals surface area contributed by atoms with Gasteiger partial charge in [0.05, 0.1) is 10.8 Å². The number of carbonyl (C=O) groups excluding carboxylic acids is 1. The molecule has 3 rings (SSSR count). The largest absolute Gasteiger partial charge is 0.355 e. The molecule has 1 saturated heterocycles. The molecule has 1 unspecified atom stereocenters. The Balaban J connectivity index is 1.82. The van der Waals surface area contributed by atoms with E-state index < -0.39 is 0 Å². The lowest BCUT2D eigenvalue weighted by Crippen LogP contribution is -2.33. The summed E-state index contributed by atoms with van der Waals surface area (Å²) in [5.41, 5.74) is 1.16. The summed E-state index contributed by atoms with van der Waals surface area (Å²) < 4.78 is 5.31. The third-order valence-corrected chi connectivity index (χ3v) is 4.13. The number of piperidine rings is 1. The van der Waals surface area contributed by atoms with Crippen LogP contribution in [0.5, 0.6) is 0 Å². The second-order valence-corrected chi connectivity index (χ2v) is 5.34. The fraction of sp³-hybridized carbons (Fsp3) is 0.417. The molecule has 0 radical (unpaired) electrons. The SMILES string of the molecule is Cc1ccsc1-c1noc(C2CCC(=O)NC2)n1. The van der Waals surface area contributed by atoms with E-state index in [9.17, 15) is 4.79 Å². The molecular formula is C12H13N3O2S. The number of nitrogens with zero attached hydrogens (tertiary/aromatic N) is 2. The Bertz CT molecular complexity index is 565. The fourth-order valence-electron chi connectivity index (χ4n) is 2.04. The van der Waals surface area contributed by atoms with Crippen LogP contribution in [-0.2, 0) is 4.79 Å². The van der Waals surface area contributed by atoms with Gasteiger partial charge in [0.1, 0.15) is 0 Å². The first-order valence-electron chi connectivity index (χ1n) is 5.89. The summed E-state index contributed by atoms with van der Waals surface area (Å²) in [6.07, 6.45) is 1.30. The molecule has 1 amide bonds. The molecule has 0 aliphatic carbocycles. The lowest BCUT2D eigenvalue weighted by molar-refractivity contribution is -0.122. The molecule has 5 nitrogen and oxygen atoms in total. The maximum absolute atomic E-state index is 11.1. The Morgan fingerprint density at radius 2 is 2.44 bits per heavy atom. The highest BCUT2D eigenvalue weighted by Crippen LogP contribution is 2.29. The monoisotopic (exact) mass is 263 g/mol. The molecular weight excluding hydrogens is 250 g/mol. The molecule has 94 valence electrons. The molecule has 1 atom stereocenters. The summed E-state index contributed by atoms with van der Waals surface area (Å²) >= 11 is 1.61. The maximum atomic E-state index is 11.1. The molecule has 1 N–H and O–H groups in total. The molecule has 0 spiro atoms. The quantitative estimate of drug-likeness (QED) is 0.901. The average molecular weight is 263 g/mol. The highest BCUT2D eigenvalue weighted by atomic mass is 32.1. The first-order valence-corrected chi connectivity index (χ1v) is 6.77. The third-order valence-electron chi connectivity index (χ3n) is 3.12. The van der Waals surface area contributed by atoms with Crippen molar-refractivity contribution in [3.8, 4) is 10.7 Å². The van der Waals surface area contributed by atoms with Crippen LogP contribution in [0.4, 0.5) is 0 Å². The van der Waals surface area contributed by atoms with E-state index in [1.807, 2.05) is 18.4 Å². The van der Waals surface area contributed by atoms with E-state index >= 15 is 0 Å². The summed E-state index contributed by atoms with van der Waals surface area (Å²) in [6.45, 7) is 2.62. The normalized spacial score (nSPS) is 19.8. The van der Waals surface area contributed by atoms with Crippen LogP contribution < -0.4 is 5.32 Å². The van der Waals surface area contributed by atoms with Gasteiger partial charge in [0.2, 0.25) is 17.6 Å². The zero-order chi connectivity index (χ0) is 12.5. The molecule has 0 bridgehead atoms. The molecule has 2 aromatic rings. The number of thiophene rings is 1. The second-order valence-electron chi connectivity index (χ2n) is 4.43. The van der Waals surface area contributed by atoms with Crippen molar-refractivity contribution in [2.24, 2.45) is 0 Å². The summed E-state index contributed by atoms with van der Waals surface area (Å²) in [4.78, 5) is 16.6. The number of aryl methyl sites for hydroxylation is 1. The van der Waals surface area contributed by atoms with E-state index in [0.29, 0.717) is 24.7 Å². The number of hydrogen-bond acceptors (Lipinski definition) is 5. The van der Waals surface area contributed by atoms with Crippen molar-refractivity contribution in [2.45, 2.75) is 25.7 Å². The Kier molecular flexibility index (Phi) is 2.87. The Morgan fingerprint density at radius 3 is 3.11 bits per heavy atom. The average Bonchev–Trinajstić information content (AvgIpc) is 2.98. The van der Waals surface area contributed by atoms with Gasteiger partial charge in [0.25, 0.3) is 0 Å². The summed E-state index contributed by atoms with van der Waals surface area (Å²) in [5, 5.41) is 8.86. The number of carbonyl (C=O) groups is 1. The smallest absolute Gasteiger partial charge is 0.231 e. The van der Waals surface area contributed by atoms with Crippen molar-refractivity contribution >= 4 is 17.2 Å². The minimum Gasteiger partial charge on any atom is -0.355 e. The van der Waals surface area contributed by atoms with E-state index in [2.05, 4.69) is 15.5 Å². The van der Waals surface area contributed by atoms with E-state index in [1.165, 1.54) is 0 Å². The van der Waals surface area contributed by atoms with Crippen LogP contribution in [0.25, 0.3) is 10.7 Å². The van der Waals surface area contributed by atoms with Gasteiger partial charge < -0.3 is 9.84 Å². The van der Waals surface area contributed by atoms with Crippen LogP contribution in [0.2, 0.25) is 0 Å². The predicted molar refractivity (Wildman–Crippen MR) is 67.3 cm³/mol. The maximum Gasteiger partial charge on any atom is 0.231 e. The van der Waals surface area contributed by atoms with Crippen LogP contribution in [-0.4, -0.2) is 22.6 Å². The first-order chi connectivity index (χ1) is 8.74. The van der Waals surface area contributed by atoms with Gasteiger partial charge in [0.15, 0.2) is 0 Å². The standard InChI is InChI=1S/C12H13N3O2S/c1-7-4-5-18-10(7)11-14-12(17-15-11)8-2-3-9(16)13-6-8/h4-5,8H,2-3,6H2,1H3,(H,13,16). The van der Waals surface area contributed by atoms with Gasteiger partial charge in [-0.25, -0.2) is 0 Å². The van der Waals surface area contributed by atoms with Crippen LogP contribution in [0.3, 0.4) is 0 Å². The van der Waals surface area contributed by atoms with E-state index in [4.69, 9.17) is 4.52 Å². The zero-order valence-corrected chi connectivity index (χ0v) is 10.8. The fourth-order valence-corrected chi connectivity index (χ4v) is 2.89. The molecule has 18 heavy (non-hydrogen) atoms. The Morgan fingerprint density at radius 1 is 1.56 bits per heavy atom. The summed E-state index contributed by atoms with van der Waals surface area (Å²) in [6, 6.07) is 2.04. The lowest BCUT2D eigenvalue weighted by Gasteiger charge is -2.18. The number of hydrogen-bond donors (Lipinski definition) is 1. The predicted octanol–water partition coefficient (Wildman–Crippen LogP) is 2.10. The van der Waals surface area contributed by atoms with Crippen LogP contribution >= 0.6 is 11.3 Å². The van der Waals surface area contributed by atoms with Crippen LogP contribution in [0, 0.1) is 6.92 Å². The minimum atomic E-state index is 0.0973. The van der Waals surface area contributed by atoms with Crippen molar-refractivity contribution in [3.05, 3.63) is 22.9 Å². The molecule has 1 fully saturated rings. The molecule has 2 aromatic heterocycles. The van der Waals surface area contributed by atoms with Gasteiger partial charge in [0, 0.05) is 13.0 Å². The summed E-state index contributed by atoms with van der Waals surface area (Å²) in [5.74, 6) is 1.51. The van der Waals surface area contributed by atoms with Gasteiger partial charge in [-0.05, 0) is 30.4 Å². The van der Waals surface area contributed by atoms with Gasteiger partial charge in [-0.1, -0.05) is 5.16 Å². The highest BCUT2D eigenvalue weighted by Gasteiger charge is 2.25. The molecule has 0 saturated carbocycles. The van der Waals surface area contributed by atoms with E-state index in [1.54, 1.807) is 11.3 Å². The molecule has 6 heteroatoms. The van der Waals surface area contributed by atoms with Gasteiger partial charge in [-0.3, -0.25) is 4.79 Å². The second kappa shape index (κ2) is 4.53. The third kappa shape index (κ3) is 2.03. The molecule has 3 heterocycles. The van der Waals surface area contributed by atoms with E-state index in [0.717, 1.165) is 16.9 Å². The van der Waals surface area contributed by atoms with Crippen LogP contribution in [0.1, 0.15) is 30.2 Å². The van der Waals surface area contributed by atoms with Crippen molar-refractivity contribution < 1.29 is 9.32 Å². The first kappa shape index (κ1) is 11.4. The number of amides is 1. The van der Waals surface area contributed by atoms with Crippen LogP contribution in [0.15, 0.2) is 16.0 Å². The summed E-state index contributed by atoms with van der Waals surface area (Å²) in [7, 11) is 0. The van der Waals surface area contributed by atoms with Crippen molar-refractivity contribution in [3.63, 3.8) is 0 Å². The van der Waals surface area contributed by atoms with Gasteiger partial charge >= 0.3 is 0 Å². The minimum absolute atomic E-state index is 0.0973. The number of nitrogens with one attached hydrogen (secondary N) is 1. The number of aromatic nitrogens is 2. The van der Waals surface area contributed by atoms with Crippen molar-refractivity contribution in [1.29, 1.82) is 0 Å². The molecule has 0 aromatic carbocycles. The zero-order valence-electron chi connectivity index (χ0n) is 9.97. The van der Waals surface area contributed by atoms with Gasteiger partial charge in [-0.15, -0.1) is 11.3 Å². The van der Waals surface area contributed by atoms with Crippen molar-refractivity contribution in [2.75, 3.05) is 6.54 Å². The lowest BCUT2D eigenvalue weighted by atomic mass is 9.99. The van der Waals surface area contributed by atoms with Gasteiger partial charge in [-0.2, -0.15) is 4.98 Å². The highest BCUT2D eigenvalue weighted by molar-refractivity contribution is 7.13. The Labute approximate surface area is 108 Å². The molecule has 1 aliphatic heterocycles. The Hall–Kier alpha value is -1.69. The number of rotatable bonds is 2. The van der Waals surface area contributed by atoms with Crippen molar-refractivity contribution in [1.82, 2.24) is 15.5 Å².